The Morgan fingerprint density at radius 1 is 1.00 bits per heavy atom. The number of hydrogen-bond donors (Lipinski definition) is 0. The minimum atomic E-state index is -0.230. The first kappa shape index (κ1) is 21.0. The molecule has 0 N–H and O–H groups in total. The Labute approximate surface area is 188 Å². The molecule has 1 fully saturated rings. The number of para-hydroxylation sites is 2. The molecule has 1 aliphatic carbocycles. The molecule has 0 unspecified atom stereocenters. The lowest BCUT2D eigenvalue weighted by atomic mass is 10.1. The zero-order valence-electron chi connectivity index (χ0n) is 19.5. The number of hydrogen-bond acceptors (Lipinski definition) is 4. The Kier molecular flexibility index (Phi) is 5.39. The highest BCUT2D eigenvalue weighted by molar-refractivity contribution is 6.01. The fourth-order valence-corrected chi connectivity index (χ4v) is 4.90. The van der Waals surface area contributed by atoms with E-state index in [1.54, 1.807) is 0 Å². The molecule has 3 aromatic heterocycles. The molecular weight excluding hydrogens is 400 g/mol. The van der Waals surface area contributed by atoms with Gasteiger partial charge in [0.15, 0.2) is 11.4 Å². The Balaban J connectivity index is 1.84. The molecular formula is C26H32N4O2. The van der Waals surface area contributed by atoms with Crippen molar-refractivity contribution in [3.63, 3.8) is 0 Å². The Morgan fingerprint density at radius 3 is 2.41 bits per heavy atom. The topological polar surface area (TPSA) is 61.4 Å². The molecule has 0 atom stereocenters. The second-order valence-corrected chi connectivity index (χ2v) is 9.70. The van der Waals surface area contributed by atoms with E-state index in [4.69, 9.17) is 14.7 Å². The quantitative estimate of drug-likeness (QED) is 0.276. The molecule has 0 amide bonds. The highest BCUT2D eigenvalue weighted by atomic mass is 16.5. The van der Waals surface area contributed by atoms with Crippen LogP contribution in [0.5, 0.6) is 5.75 Å². The first-order valence-electron chi connectivity index (χ1n) is 12.0. The number of fused-ring (bicyclic) bond motifs is 5. The van der Waals surface area contributed by atoms with Crippen LogP contribution < -0.4 is 4.74 Å². The van der Waals surface area contributed by atoms with Crippen LogP contribution in [-0.2, 0) is 4.79 Å². The number of rotatable bonds is 4. The summed E-state index contributed by atoms with van der Waals surface area (Å²) in [7, 11) is 0. The number of imidazole rings is 1. The van der Waals surface area contributed by atoms with Crippen molar-refractivity contribution in [2.24, 2.45) is 5.92 Å². The summed E-state index contributed by atoms with van der Waals surface area (Å²) in [6.45, 7) is 8.06. The van der Waals surface area contributed by atoms with E-state index in [2.05, 4.69) is 28.9 Å². The maximum atomic E-state index is 12.6. The number of ether oxygens (including phenoxy) is 1. The summed E-state index contributed by atoms with van der Waals surface area (Å²) in [5.74, 6) is 1.34. The highest BCUT2D eigenvalue weighted by Crippen LogP contribution is 2.39. The lowest BCUT2D eigenvalue weighted by Crippen LogP contribution is -2.14. The maximum Gasteiger partial charge on any atom is 0.313 e. The van der Waals surface area contributed by atoms with Gasteiger partial charge in [0.25, 0.3) is 0 Å². The van der Waals surface area contributed by atoms with E-state index in [0.717, 1.165) is 46.4 Å². The van der Waals surface area contributed by atoms with Gasteiger partial charge >= 0.3 is 5.97 Å². The summed E-state index contributed by atoms with van der Waals surface area (Å²) in [4.78, 5) is 22.8. The molecule has 1 aromatic carbocycles. The van der Waals surface area contributed by atoms with E-state index in [0.29, 0.717) is 11.8 Å². The molecule has 1 aliphatic rings. The maximum absolute atomic E-state index is 12.6. The smallest absolute Gasteiger partial charge is 0.313 e. The molecule has 6 nitrogen and oxygen atoms in total. The molecule has 5 rings (SSSR count). The number of aromatic nitrogens is 4. The normalized spacial score (nSPS) is 15.9. The van der Waals surface area contributed by atoms with Crippen LogP contribution in [0.3, 0.4) is 0 Å². The largest absolute Gasteiger partial charge is 0.424 e. The Bertz CT molecular complexity index is 1290. The molecule has 168 valence electrons. The van der Waals surface area contributed by atoms with Crippen LogP contribution in [0.2, 0.25) is 0 Å². The summed E-state index contributed by atoms with van der Waals surface area (Å²) in [6.07, 6.45) is 9.27. The van der Waals surface area contributed by atoms with Crippen LogP contribution >= 0.6 is 0 Å². The zero-order chi connectivity index (χ0) is 22.4. The van der Waals surface area contributed by atoms with Gasteiger partial charge in [0.05, 0.1) is 17.0 Å². The van der Waals surface area contributed by atoms with Crippen molar-refractivity contribution in [2.75, 3.05) is 0 Å². The van der Waals surface area contributed by atoms with E-state index < -0.39 is 0 Å². The monoisotopic (exact) mass is 432 g/mol. The Hall–Kier alpha value is -2.89. The summed E-state index contributed by atoms with van der Waals surface area (Å²) in [6, 6.07) is 8.51. The van der Waals surface area contributed by atoms with E-state index in [9.17, 15) is 4.79 Å². The van der Waals surface area contributed by atoms with Gasteiger partial charge in [0.2, 0.25) is 0 Å². The molecule has 32 heavy (non-hydrogen) atoms. The van der Waals surface area contributed by atoms with Crippen LogP contribution in [0.4, 0.5) is 0 Å². The summed E-state index contributed by atoms with van der Waals surface area (Å²) < 4.78 is 10.4. The number of carbonyl (C=O) groups excluding carboxylic acids is 1. The van der Waals surface area contributed by atoms with Gasteiger partial charge in [-0.1, -0.05) is 65.5 Å². The first-order valence-corrected chi connectivity index (χ1v) is 12.0. The average Bonchev–Trinajstić information content (AvgIpc) is 3.19. The molecule has 0 aliphatic heterocycles. The summed E-state index contributed by atoms with van der Waals surface area (Å²) >= 11 is 0. The number of carbonyl (C=O) groups is 1. The van der Waals surface area contributed by atoms with Gasteiger partial charge in [-0.25, -0.2) is 9.97 Å². The van der Waals surface area contributed by atoms with Gasteiger partial charge in [0, 0.05) is 18.2 Å². The van der Waals surface area contributed by atoms with Crippen LogP contribution in [0.15, 0.2) is 30.5 Å². The zero-order valence-corrected chi connectivity index (χ0v) is 19.5. The molecule has 3 heterocycles. The SMILES string of the molecule is CC(C)C(=O)Oc1cn(C2CCCCCC2)c2nc(C(C)C)n3c4ccccc4nc3c12. The molecule has 0 spiro atoms. The molecule has 0 radical (unpaired) electrons. The number of benzene rings is 1. The van der Waals surface area contributed by atoms with Gasteiger partial charge in [-0.2, -0.15) is 0 Å². The van der Waals surface area contributed by atoms with Gasteiger partial charge in [-0.3, -0.25) is 9.20 Å². The van der Waals surface area contributed by atoms with Gasteiger partial charge in [0.1, 0.15) is 16.9 Å². The van der Waals surface area contributed by atoms with Gasteiger partial charge < -0.3 is 9.30 Å². The van der Waals surface area contributed by atoms with E-state index in [1.807, 2.05) is 38.2 Å². The van der Waals surface area contributed by atoms with Gasteiger partial charge in [-0.15, -0.1) is 0 Å². The molecule has 0 bridgehead atoms. The third-order valence-electron chi connectivity index (χ3n) is 6.62. The van der Waals surface area contributed by atoms with Crippen molar-refractivity contribution in [3.05, 3.63) is 36.3 Å². The van der Waals surface area contributed by atoms with Crippen molar-refractivity contribution in [1.82, 2.24) is 18.9 Å². The predicted octanol–water partition coefficient (Wildman–Crippen LogP) is 6.42. The minimum absolute atomic E-state index is 0.205. The number of nitrogens with zero attached hydrogens (tertiary/aromatic N) is 4. The van der Waals surface area contributed by atoms with Crippen LogP contribution in [0.1, 0.15) is 84.0 Å². The van der Waals surface area contributed by atoms with Crippen LogP contribution in [0, 0.1) is 5.92 Å². The van der Waals surface area contributed by atoms with Crippen LogP contribution in [0.25, 0.3) is 27.7 Å². The van der Waals surface area contributed by atoms with Crippen LogP contribution in [-0.4, -0.2) is 24.9 Å². The van der Waals surface area contributed by atoms with E-state index in [1.165, 1.54) is 25.7 Å². The highest BCUT2D eigenvalue weighted by Gasteiger charge is 2.26. The summed E-state index contributed by atoms with van der Waals surface area (Å²) in [5, 5.41) is 0.837. The predicted molar refractivity (Wildman–Crippen MR) is 127 cm³/mol. The second kappa shape index (κ2) is 8.23. The van der Waals surface area contributed by atoms with E-state index >= 15 is 0 Å². The Morgan fingerprint density at radius 2 is 1.72 bits per heavy atom. The van der Waals surface area contributed by atoms with E-state index in [-0.39, 0.29) is 17.8 Å². The first-order chi connectivity index (χ1) is 15.5. The molecule has 1 saturated carbocycles. The summed E-state index contributed by atoms with van der Waals surface area (Å²) in [5.41, 5.74) is 3.66. The lowest BCUT2D eigenvalue weighted by Gasteiger charge is -2.18. The average molecular weight is 433 g/mol. The van der Waals surface area contributed by atoms with Crippen molar-refractivity contribution in [1.29, 1.82) is 0 Å². The minimum Gasteiger partial charge on any atom is -0.424 e. The van der Waals surface area contributed by atoms with Crippen molar-refractivity contribution in [3.8, 4) is 5.75 Å². The van der Waals surface area contributed by atoms with Crippen molar-refractivity contribution in [2.45, 2.75) is 78.2 Å². The molecule has 0 saturated heterocycles. The molecule has 4 aromatic rings. The van der Waals surface area contributed by atoms with Crippen molar-refractivity contribution >= 4 is 33.7 Å². The second-order valence-electron chi connectivity index (χ2n) is 9.70. The standard InChI is InChI=1S/C26H32N4O2/c1-16(2)23-28-24-22(25-27-19-13-9-10-14-20(19)30(23)25)21(32-26(31)17(3)4)15-29(24)18-11-7-5-6-8-12-18/h9-10,13-18H,5-8,11-12H2,1-4H3. The third kappa shape index (κ3) is 3.46. The third-order valence-corrected chi connectivity index (χ3v) is 6.62. The van der Waals surface area contributed by atoms with Crippen molar-refractivity contribution < 1.29 is 9.53 Å². The van der Waals surface area contributed by atoms with Gasteiger partial charge in [-0.05, 0) is 25.0 Å². The number of esters is 1. The lowest BCUT2D eigenvalue weighted by molar-refractivity contribution is -0.137. The molecule has 6 heteroatoms. The fourth-order valence-electron chi connectivity index (χ4n) is 4.90. The fraction of sp³-hybridized carbons (Fsp3) is 0.500.